The number of benzene rings is 1. The van der Waals surface area contributed by atoms with E-state index in [-0.39, 0.29) is 0 Å². The fraction of sp³-hybridized carbons (Fsp3) is 0. The summed E-state index contributed by atoms with van der Waals surface area (Å²) in [4.78, 5) is 3.98. The second-order valence-electron chi connectivity index (χ2n) is 4.65. The van der Waals surface area contributed by atoms with Crippen LogP contribution in [0.15, 0.2) is 64.4 Å². The molecule has 0 radical (unpaired) electrons. The molecule has 1 aromatic carbocycles. The van der Waals surface area contributed by atoms with Crippen LogP contribution in [0.2, 0.25) is 0 Å². The molecule has 116 valence electrons. The molecule has 0 spiro atoms. The fourth-order valence-electron chi connectivity index (χ4n) is 1.90. The largest absolute Gasteiger partial charge is 0.398 e. The van der Waals surface area contributed by atoms with Gasteiger partial charge in [0.15, 0.2) is 0 Å². The molecular weight excluding hydrogens is 328 g/mol. The van der Waals surface area contributed by atoms with Gasteiger partial charge in [0.1, 0.15) is 9.96 Å². The minimum atomic E-state index is -1.51. The Bertz CT molecular complexity index is 831. The third kappa shape index (κ3) is 4.06. The maximum Gasteiger partial charge on any atom is 0.251 e. The molecule has 3 rings (SSSR count). The van der Waals surface area contributed by atoms with Crippen LogP contribution in [-0.2, 0) is 11.1 Å². The number of thiophene rings is 1. The number of nitrogen functional groups attached to an aromatic ring is 1. The first kappa shape index (κ1) is 15.5. The molecule has 0 bridgehead atoms. The summed E-state index contributed by atoms with van der Waals surface area (Å²) in [5, 5.41) is 1.86. The topological polar surface area (TPSA) is 65.2 Å². The number of anilines is 1. The van der Waals surface area contributed by atoms with Gasteiger partial charge in [-0.2, -0.15) is 0 Å². The molecule has 4 nitrogen and oxygen atoms in total. The van der Waals surface area contributed by atoms with Crippen molar-refractivity contribution in [3.63, 3.8) is 0 Å². The van der Waals surface area contributed by atoms with E-state index in [4.69, 9.17) is 9.92 Å². The van der Waals surface area contributed by atoms with Crippen LogP contribution in [0.25, 0.3) is 12.2 Å². The van der Waals surface area contributed by atoms with Gasteiger partial charge in [-0.05, 0) is 47.3 Å². The number of nitrogens with two attached hydrogens (primary N) is 1. The van der Waals surface area contributed by atoms with Crippen LogP contribution in [0.3, 0.4) is 0 Å². The van der Waals surface area contributed by atoms with Gasteiger partial charge < -0.3 is 9.92 Å². The van der Waals surface area contributed by atoms with E-state index in [2.05, 4.69) is 4.98 Å². The first-order valence-electron chi connectivity index (χ1n) is 6.83. The number of aromatic nitrogens is 1. The number of nitrogens with zero attached hydrogens (tertiary/aromatic N) is 1. The molecule has 0 saturated carbocycles. The van der Waals surface area contributed by atoms with Gasteiger partial charge >= 0.3 is 0 Å². The maximum atomic E-state index is 12.1. The predicted molar refractivity (Wildman–Crippen MR) is 95.4 cm³/mol. The minimum Gasteiger partial charge on any atom is -0.398 e. The molecule has 0 saturated heterocycles. The minimum absolute atomic E-state index is 0.514. The summed E-state index contributed by atoms with van der Waals surface area (Å²) in [6, 6.07) is 12.7. The Kier molecular flexibility index (Phi) is 4.85. The molecule has 2 heterocycles. The van der Waals surface area contributed by atoms with Crippen molar-refractivity contribution in [3.05, 3.63) is 71.4 Å². The molecule has 0 aliphatic heterocycles. The van der Waals surface area contributed by atoms with Gasteiger partial charge in [0, 0.05) is 23.6 Å². The Morgan fingerprint density at radius 3 is 2.70 bits per heavy atom. The predicted octanol–water partition coefficient (Wildman–Crippen LogP) is 4.00. The first-order valence-corrected chi connectivity index (χ1v) is 8.79. The lowest BCUT2D eigenvalue weighted by Crippen LogP contribution is -1.99. The fourth-order valence-corrected chi connectivity index (χ4v) is 3.48. The lowest BCUT2D eigenvalue weighted by molar-refractivity contribution is 0.564. The summed E-state index contributed by atoms with van der Waals surface area (Å²) >= 11 is -0.117. The summed E-state index contributed by atoms with van der Waals surface area (Å²) in [6.07, 6.45) is 7.29. The van der Waals surface area contributed by atoms with Crippen molar-refractivity contribution in [2.45, 2.75) is 4.21 Å². The summed E-state index contributed by atoms with van der Waals surface area (Å²) in [5.41, 5.74) is 8.44. The van der Waals surface area contributed by atoms with E-state index in [1.807, 2.05) is 35.7 Å². The molecule has 2 N–H and O–H groups in total. The van der Waals surface area contributed by atoms with Gasteiger partial charge in [-0.1, -0.05) is 18.2 Å². The highest BCUT2D eigenvalue weighted by Crippen LogP contribution is 2.24. The lowest BCUT2D eigenvalue weighted by Gasteiger charge is -2.06. The zero-order valence-corrected chi connectivity index (χ0v) is 13.7. The SMILES string of the molecule is Nc1ccc(OS(=O)c2cccs2)cc1/C=C/c1ccncc1. The van der Waals surface area contributed by atoms with Crippen molar-refractivity contribution in [2.75, 3.05) is 5.73 Å². The highest BCUT2D eigenvalue weighted by Gasteiger charge is 2.08. The molecule has 0 aliphatic carbocycles. The van der Waals surface area contributed by atoms with E-state index in [1.165, 1.54) is 11.3 Å². The Hall–Kier alpha value is -2.44. The molecule has 1 unspecified atom stereocenters. The highest BCUT2D eigenvalue weighted by atomic mass is 32.2. The van der Waals surface area contributed by atoms with Crippen molar-refractivity contribution in [2.24, 2.45) is 0 Å². The lowest BCUT2D eigenvalue weighted by atomic mass is 10.1. The van der Waals surface area contributed by atoms with E-state index in [1.54, 1.807) is 36.7 Å². The average molecular weight is 342 g/mol. The Labute approximate surface area is 140 Å². The summed E-state index contributed by atoms with van der Waals surface area (Å²) < 4.78 is 18.3. The summed E-state index contributed by atoms with van der Waals surface area (Å²) in [6.45, 7) is 0. The van der Waals surface area contributed by atoms with Crippen LogP contribution in [-0.4, -0.2) is 9.19 Å². The van der Waals surface area contributed by atoms with E-state index >= 15 is 0 Å². The van der Waals surface area contributed by atoms with Gasteiger partial charge in [-0.3, -0.25) is 4.98 Å². The van der Waals surface area contributed by atoms with E-state index in [9.17, 15) is 4.21 Å². The first-order chi connectivity index (χ1) is 11.2. The second-order valence-corrected chi connectivity index (χ2v) is 6.94. The van der Waals surface area contributed by atoms with E-state index in [0.717, 1.165) is 11.1 Å². The third-order valence-electron chi connectivity index (χ3n) is 3.05. The van der Waals surface area contributed by atoms with Gasteiger partial charge in [-0.15, -0.1) is 11.3 Å². The Balaban J connectivity index is 1.79. The van der Waals surface area contributed by atoms with Crippen molar-refractivity contribution >= 4 is 40.3 Å². The number of rotatable bonds is 5. The van der Waals surface area contributed by atoms with E-state index < -0.39 is 11.1 Å². The molecule has 0 amide bonds. The van der Waals surface area contributed by atoms with Crippen molar-refractivity contribution in [1.29, 1.82) is 0 Å². The highest BCUT2D eigenvalue weighted by molar-refractivity contribution is 7.83. The second kappa shape index (κ2) is 7.21. The van der Waals surface area contributed by atoms with Crippen LogP contribution >= 0.6 is 11.3 Å². The van der Waals surface area contributed by atoms with Gasteiger partial charge in [-0.25, -0.2) is 4.21 Å². The van der Waals surface area contributed by atoms with E-state index in [0.29, 0.717) is 15.6 Å². The molecule has 0 fully saturated rings. The number of hydrogen-bond acceptors (Lipinski definition) is 5. The van der Waals surface area contributed by atoms with Gasteiger partial charge in [0.25, 0.3) is 11.1 Å². The molecule has 6 heteroatoms. The Morgan fingerprint density at radius 2 is 1.96 bits per heavy atom. The summed E-state index contributed by atoms with van der Waals surface area (Å²) in [7, 11) is 0. The quantitative estimate of drug-likeness (QED) is 0.712. The molecule has 2 aromatic heterocycles. The van der Waals surface area contributed by atoms with Crippen molar-refractivity contribution in [3.8, 4) is 5.75 Å². The van der Waals surface area contributed by atoms with Gasteiger partial charge in [0.05, 0.1) is 0 Å². The zero-order valence-electron chi connectivity index (χ0n) is 12.1. The average Bonchev–Trinajstić information content (AvgIpc) is 3.11. The zero-order chi connectivity index (χ0) is 16.1. The molecular formula is C17H14N2O2S2. The molecule has 1 atom stereocenters. The molecule has 3 aromatic rings. The van der Waals surface area contributed by atoms with Crippen LogP contribution in [0.1, 0.15) is 11.1 Å². The van der Waals surface area contributed by atoms with Crippen LogP contribution in [0, 0.1) is 0 Å². The van der Waals surface area contributed by atoms with Crippen molar-refractivity contribution < 1.29 is 8.39 Å². The number of pyridine rings is 1. The molecule has 0 aliphatic rings. The number of hydrogen-bond donors (Lipinski definition) is 1. The monoisotopic (exact) mass is 342 g/mol. The maximum absolute atomic E-state index is 12.1. The summed E-state index contributed by atoms with van der Waals surface area (Å²) in [5.74, 6) is 0.514. The smallest absolute Gasteiger partial charge is 0.251 e. The van der Waals surface area contributed by atoms with Crippen molar-refractivity contribution in [1.82, 2.24) is 4.98 Å². The standard InChI is InChI=1S/C17H14N2O2S2/c18-16-6-5-15(21-23(20)17-2-1-11-22-17)12-14(16)4-3-13-7-9-19-10-8-13/h1-12H,18H2/b4-3+. The van der Waals surface area contributed by atoms with Crippen LogP contribution in [0.4, 0.5) is 5.69 Å². The third-order valence-corrected chi connectivity index (χ3v) is 5.22. The van der Waals surface area contributed by atoms with Crippen LogP contribution < -0.4 is 9.92 Å². The van der Waals surface area contributed by atoms with Crippen LogP contribution in [0.5, 0.6) is 5.75 Å². The normalized spacial score (nSPS) is 12.3. The molecule has 23 heavy (non-hydrogen) atoms. The van der Waals surface area contributed by atoms with Gasteiger partial charge in [0.2, 0.25) is 0 Å². The Morgan fingerprint density at radius 1 is 1.13 bits per heavy atom.